The van der Waals surface area contributed by atoms with Crippen molar-refractivity contribution < 1.29 is 9.90 Å². The first-order chi connectivity index (χ1) is 9.95. The number of aromatic amines is 1. The number of rotatable bonds is 6. The second-order valence-corrected chi connectivity index (χ2v) is 4.86. The van der Waals surface area contributed by atoms with Crippen LogP contribution in [-0.2, 0) is 24.8 Å². The van der Waals surface area contributed by atoms with Gasteiger partial charge in [-0.15, -0.1) is 0 Å². The molecule has 114 valence electrons. The molecule has 2 aromatic rings. The monoisotopic (exact) mass is 294 g/mol. The standard InChI is InChI=1S/C13H18N4O4/c1-3-17-8(6-4-5-7-9(18)19)14-11-10(17)12(20)15-13(21)16(11)2/h3-7H2,1-2H3,(H,18,19)(H,15,20,21). The number of hydrogen-bond donors (Lipinski definition) is 2. The molecule has 0 radical (unpaired) electrons. The highest BCUT2D eigenvalue weighted by Gasteiger charge is 2.15. The van der Waals surface area contributed by atoms with Crippen LogP contribution < -0.4 is 11.2 Å². The number of nitrogens with one attached hydrogen (secondary N) is 1. The molecule has 0 saturated heterocycles. The number of aliphatic carboxylic acids is 1. The number of aromatic nitrogens is 4. The van der Waals surface area contributed by atoms with Crippen LogP contribution in [0.15, 0.2) is 9.59 Å². The fourth-order valence-corrected chi connectivity index (χ4v) is 2.37. The molecule has 0 amide bonds. The topological polar surface area (TPSA) is 110 Å². The predicted molar refractivity (Wildman–Crippen MR) is 76.5 cm³/mol. The first-order valence-electron chi connectivity index (χ1n) is 6.86. The average molecular weight is 294 g/mol. The Kier molecular flexibility index (Phi) is 4.25. The van der Waals surface area contributed by atoms with Gasteiger partial charge in [0, 0.05) is 26.4 Å². The van der Waals surface area contributed by atoms with E-state index in [0.717, 1.165) is 0 Å². The molecule has 0 aliphatic carbocycles. The fourth-order valence-electron chi connectivity index (χ4n) is 2.37. The Morgan fingerprint density at radius 3 is 2.67 bits per heavy atom. The Labute approximate surface area is 120 Å². The lowest BCUT2D eigenvalue weighted by Gasteiger charge is -2.04. The van der Waals surface area contributed by atoms with Gasteiger partial charge < -0.3 is 9.67 Å². The molecule has 0 bridgehead atoms. The maximum absolute atomic E-state index is 12.0. The van der Waals surface area contributed by atoms with Crippen molar-refractivity contribution in [2.45, 2.75) is 39.2 Å². The van der Waals surface area contributed by atoms with Crippen LogP contribution in [0.3, 0.4) is 0 Å². The van der Waals surface area contributed by atoms with Crippen molar-refractivity contribution in [3.63, 3.8) is 0 Å². The Balaban J connectivity index is 2.39. The Bertz CT molecular complexity index is 784. The van der Waals surface area contributed by atoms with E-state index in [1.54, 1.807) is 11.6 Å². The highest BCUT2D eigenvalue weighted by molar-refractivity contribution is 5.70. The molecule has 0 aliphatic heterocycles. The van der Waals surface area contributed by atoms with Crippen LogP contribution in [0.4, 0.5) is 0 Å². The molecule has 0 aliphatic rings. The number of hydrogen-bond acceptors (Lipinski definition) is 4. The summed E-state index contributed by atoms with van der Waals surface area (Å²) in [6, 6.07) is 0. The van der Waals surface area contributed by atoms with Crippen LogP contribution >= 0.6 is 0 Å². The van der Waals surface area contributed by atoms with E-state index in [2.05, 4.69) is 9.97 Å². The van der Waals surface area contributed by atoms with Gasteiger partial charge in [0.25, 0.3) is 5.56 Å². The third-order valence-corrected chi connectivity index (χ3v) is 3.44. The number of fused-ring (bicyclic) bond motifs is 1. The van der Waals surface area contributed by atoms with Crippen molar-refractivity contribution in [1.82, 2.24) is 19.1 Å². The van der Waals surface area contributed by atoms with Crippen molar-refractivity contribution in [2.24, 2.45) is 7.05 Å². The summed E-state index contributed by atoms with van der Waals surface area (Å²) in [7, 11) is 1.56. The number of carboxylic acid groups (broad SMARTS) is 1. The van der Waals surface area contributed by atoms with Gasteiger partial charge in [-0.1, -0.05) is 0 Å². The molecule has 8 heteroatoms. The first kappa shape index (κ1) is 15.0. The van der Waals surface area contributed by atoms with Gasteiger partial charge in [-0.05, 0) is 19.8 Å². The van der Waals surface area contributed by atoms with Crippen LogP contribution in [0.5, 0.6) is 0 Å². The Hall–Kier alpha value is -2.38. The van der Waals surface area contributed by atoms with Gasteiger partial charge in [0.05, 0.1) is 0 Å². The highest BCUT2D eigenvalue weighted by atomic mass is 16.4. The second-order valence-electron chi connectivity index (χ2n) is 4.86. The smallest absolute Gasteiger partial charge is 0.329 e. The lowest BCUT2D eigenvalue weighted by molar-refractivity contribution is -0.137. The minimum Gasteiger partial charge on any atom is -0.481 e. The van der Waals surface area contributed by atoms with E-state index in [1.807, 2.05) is 6.92 Å². The van der Waals surface area contributed by atoms with Crippen molar-refractivity contribution in [3.05, 3.63) is 26.7 Å². The van der Waals surface area contributed by atoms with E-state index >= 15 is 0 Å². The quantitative estimate of drug-likeness (QED) is 0.742. The van der Waals surface area contributed by atoms with Crippen LogP contribution in [0.1, 0.15) is 32.0 Å². The largest absolute Gasteiger partial charge is 0.481 e. The molecule has 0 unspecified atom stereocenters. The van der Waals surface area contributed by atoms with Gasteiger partial charge >= 0.3 is 11.7 Å². The molecule has 2 N–H and O–H groups in total. The summed E-state index contributed by atoms with van der Waals surface area (Å²) in [5, 5.41) is 8.62. The van der Waals surface area contributed by atoms with Gasteiger partial charge in [-0.2, -0.15) is 0 Å². The number of imidazole rings is 1. The van der Waals surface area contributed by atoms with Crippen molar-refractivity contribution in [3.8, 4) is 0 Å². The fraction of sp³-hybridized carbons (Fsp3) is 0.538. The number of aryl methyl sites for hydroxylation is 3. The summed E-state index contributed by atoms with van der Waals surface area (Å²) in [6.45, 7) is 2.46. The van der Waals surface area contributed by atoms with Gasteiger partial charge in [0.1, 0.15) is 5.82 Å². The molecule has 2 aromatic heterocycles. The van der Waals surface area contributed by atoms with E-state index < -0.39 is 17.2 Å². The molecule has 0 saturated carbocycles. The van der Waals surface area contributed by atoms with E-state index in [-0.39, 0.29) is 6.42 Å². The number of unbranched alkanes of at least 4 members (excludes halogenated alkanes) is 1. The van der Waals surface area contributed by atoms with Gasteiger partial charge in [-0.3, -0.25) is 19.1 Å². The molecular formula is C13H18N4O4. The maximum atomic E-state index is 12.0. The predicted octanol–water partition coefficient (Wildman–Crippen LogP) is 0.241. The SMILES string of the molecule is CCn1c(CCCCC(=O)O)nc2c1c(=O)[nH]c(=O)n2C. The number of carbonyl (C=O) groups is 1. The molecular weight excluding hydrogens is 276 g/mol. The van der Waals surface area contributed by atoms with E-state index in [0.29, 0.717) is 42.8 Å². The van der Waals surface area contributed by atoms with Gasteiger partial charge in [-0.25, -0.2) is 9.78 Å². The third-order valence-electron chi connectivity index (χ3n) is 3.44. The molecule has 2 heterocycles. The minimum absolute atomic E-state index is 0.116. The molecule has 8 nitrogen and oxygen atoms in total. The maximum Gasteiger partial charge on any atom is 0.329 e. The van der Waals surface area contributed by atoms with E-state index in [1.165, 1.54) is 4.57 Å². The molecule has 0 spiro atoms. The molecule has 21 heavy (non-hydrogen) atoms. The summed E-state index contributed by atoms with van der Waals surface area (Å²) < 4.78 is 3.08. The zero-order valence-electron chi connectivity index (χ0n) is 12.0. The second kappa shape index (κ2) is 5.94. The van der Waals surface area contributed by atoms with Crippen molar-refractivity contribution in [1.29, 1.82) is 0 Å². The van der Waals surface area contributed by atoms with Crippen LogP contribution in [0.25, 0.3) is 11.2 Å². The van der Waals surface area contributed by atoms with Crippen LogP contribution in [-0.4, -0.2) is 30.2 Å². The zero-order valence-corrected chi connectivity index (χ0v) is 12.0. The summed E-state index contributed by atoms with van der Waals surface area (Å²) in [6.07, 6.45) is 1.91. The zero-order chi connectivity index (χ0) is 15.6. The average Bonchev–Trinajstić information content (AvgIpc) is 2.80. The molecule has 0 atom stereocenters. The van der Waals surface area contributed by atoms with Crippen molar-refractivity contribution in [2.75, 3.05) is 0 Å². The van der Waals surface area contributed by atoms with Crippen LogP contribution in [0.2, 0.25) is 0 Å². The minimum atomic E-state index is -0.821. The highest BCUT2D eigenvalue weighted by Crippen LogP contribution is 2.13. The first-order valence-corrected chi connectivity index (χ1v) is 6.86. The Morgan fingerprint density at radius 2 is 2.05 bits per heavy atom. The molecule has 2 rings (SSSR count). The summed E-state index contributed by atoms with van der Waals surface area (Å²) in [5.74, 6) is -0.123. The van der Waals surface area contributed by atoms with Gasteiger partial charge in [0.15, 0.2) is 11.2 Å². The van der Waals surface area contributed by atoms with Crippen LogP contribution in [0, 0.1) is 0 Å². The van der Waals surface area contributed by atoms with Gasteiger partial charge in [0.2, 0.25) is 0 Å². The van der Waals surface area contributed by atoms with Crippen molar-refractivity contribution >= 4 is 17.1 Å². The summed E-state index contributed by atoms with van der Waals surface area (Å²) in [5.41, 5.74) is -0.198. The lowest BCUT2D eigenvalue weighted by Crippen LogP contribution is -2.29. The number of carboxylic acids is 1. The summed E-state index contributed by atoms with van der Waals surface area (Å²) in [4.78, 5) is 40.7. The third kappa shape index (κ3) is 2.88. The normalized spacial score (nSPS) is 11.1. The van der Waals surface area contributed by atoms with E-state index in [4.69, 9.17) is 5.11 Å². The summed E-state index contributed by atoms with van der Waals surface area (Å²) >= 11 is 0. The molecule has 0 aromatic carbocycles. The molecule has 0 fully saturated rings. The van der Waals surface area contributed by atoms with E-state index in [9.17, 15) is 14.4 Å². The lowest BCUT2D eigenvalue weighted by atomic mass is 10.2. The number of H-pyrrole nitrogens is 1. The number of nitrogens with zero attached hydrogens (tertiary/aromatic N) is 3. The Morgan fingerprint density at radius 1 is 1.33 bits per heavy atom.